The minimum Gasteiger partial charge on any atom is -0.355 e. The Morgan fingerprint density at radius 1 is 1.44 bits per heavy atom. The van der Waals surface area contributed by atoms with E-state index in [9.17, 15) is 9.59 Å². The van der Waals surface area contributed by atoms with Crippen LogP contribution in [-0.4, -0.2) is 25.4 Å². The van der Waals surface area contributed by atoms with Crippen molar-refractivity contribution in [1.82, 2.24) is 5.32 Å². The van der Waals surface area contributed by atoms with Crippen LogP contribution in [0.15, 0.2) is 18.2 Å². The van der Waals surface area contributed by atoms with Crippen molar-refractivity contribution in [2.45, 2.75) is 6.92 Å². The second kappa shape index (κ2) is 6.37. The van der Waals surface area contributed by atoms with Gasteiger partial charge in [-0.15, -0.1) is 0 Å². The molecule has 0 aliphatic rings. The number of hydrogen-bond acceptors (Lipinski definition) is 3. The van der Waals surface area contributed by atoms with Crippen LogP contribution >= 0.6 is 11.6 Å². The molecular formula is C12H16ClN3O2. The first-order chi connectivity index (χ1) is 8.49. The molecule has 0 bridgehead atoms. The van der Waals surface area contributed by atoms with E-state index in [1.807, 2.05) is 0 Å². The highest BCUT2D eigenvalue weighted by Gasteiger charge is 2.13. The molecule has 1 rings (SSSR count). The Bertz CT molecular complexity index is 463. The molecule has 0 aliphatic carbocycles. The zero-order chi connectivity index (χ0) is 13.7. The van der Waals surface area contributed by atoms with E-state index in [0.717, 1.165) is 0 Å². The molecule has 98 valence electrons. The maximum atomic E-state index is 11.7. The van der Waals surface area contributed by atoms with Crippen molar-refractivity contribution in [3.8, 4) is 0 Å². The van der Waals surface area contributed by atoms with E-state index in [-0.39, 0.29) is 24.3 Å². The smallest absolute Gasteiger partial charge is 0.252 e. The number of amides is 2. The van der Waals surface area contributed by atoms with Crippen LogP contribution in [0.1, 0.15) is 17.3 Å². The number of carbonyl (C=O) groups is 2. The standard InChI is InChI=1S/C12H16ClN3O2/c1-7(6-14)11(17)16-8-3-4-10(13)9(5-8)12(18)15-2/h3-5,7H,6,14H2,1-2H3,(H,15,18)(H,16,17). The fourth-order valence-corrected chi connectivity index (χ4v) is 1.49. The molecule has 4 N–H and O–H groups in total. The molecule has 1 aromatic carbocycles. The first-order valence-electron chi connectivity index (χ1n) is 5.52. The summed E-state index contributed by atoms with van der Waals surface area (Å²) in [5, 5.41) is 5.49. The van der Waals surface area contributed by atoms with E-state index in [4.69, 9.17) is 17.3 Å². The minimum absolute atomic E-state index is 0.192. The first kappa shape index (κ1) is 14.5. The van der Waals surface area contributed by atoms with Crippen LogP contribution in [0.4, 0.5) is 5.69 Å². The maximum absolute atomic E-state index is 11.7. The molecule has 2 amide bonds. The summed E-state index contributed by atoms with van der Waals surface area (Å²) in [5.41, 5.74) is 6.24. The predicted octanol–water partition coefficient (Wildman–Crippen LogP) is 1.23. The van der Waals surface area contributed by atoms with Gasteiger partial charge in [0.25, 0.3) is 5.91 Å². The Kier molecular flexibility index (Phi) is 5.12. The SMILES string of the molecule is CNC(=O)c1cc(NC(=O)C(C)CN)ccc1Cl. The zero-order valence-electron chi connectivity index (χ0n) is 10.3. The number of nitrogens with two attached hydrogens (primary N) is 1. The number of carbonyl (C=O) groups excluding carboxylic acids is 2. The summed E-state index contributed by atoms with van der Waals surface area (Å²) in [5.74, 6) is -0.783. The molecule has 1 unspecified atom stereocenters. The maximum Gasteiger partial charge on any atom is 0.252 e. The van der Waals surface area contributed by atoms with Crippen molar-refractivity contribution in [2.75, 3.05) is 18.9 Å². The monoisotopic (exact) mass is 269 g/mol. The Morgan fingerprint density at radius 3 is 2.67 bits per heavy atom. The van der Waals surface area contributed by atoms with Crippen LogP contribution in [0.25, 0.3) is 0 Å². The lowest BCUT2D eigenvalue weighted by Crippen LogP contribution is -2.27. The van der Waals surface area contributed by atoms with Crippen LogP contribution in [-0.2, 0) is 4.79 Å². The molecule has 0 aromatic heterocycles. The van der Waals surface area contributed by atoms with E-state index in [0.29, 0.717) is 16.3 Å². The van der Waals surface area contributed by atoms with Gasteiger partial charge in [-0.3, -0.25) is 9.59 Å². The van der Waals surface area contributed by atoms with Crippen LogP contribution in [0.2, 0.25) is 5.02 Å². The summed E-state index contributed by atoms with van der Waals surface area (Å²) in [6.45, 7) is 1.99. The van der Waals surface area contributed by atoms with Crippen molar-refractivity contribution in [3.63, 3.8) is 0 Å². The van der Waals surface area contributed by atoms with Gasteiger partial charge in [-0.05, 0) is 18.2 Å². The Labute approximate surface area is 111 Å². The number of nitrogens with one attached hydrogen (secondary N) is 2. The van der Waals surface area contributed by atoms with Gasteiger partial charge < -0.3 is 16.4 Å². The van der Waals surface area contributed by atoms with Crippen molar-refractivity contribution in [3.05, 3.63) is 28.8 Å². The number of hydrogen-bond donors (Lipinski definition) is 3. The summed E-state index contributed by atoms with van der Waals surface area (Å²) in [6, 6.07) is 4.73. The van der Waals surface area contributed by atoms with Gasteiger partial charge in [0, 0.05) is 25.2 Å². The van der Waals surface area contributed by atoms with E-state index < -0.39 is 0 Å². The van der Waals surface area contributed by atoms with Gasteiger partial charge in [0.1, 0.15) is 0 Å². The van der Waals surface area contributed by atoms with Gasteiger partial charge in [-0.1, -0.05) is 18.5 Å². The lowest BCUT2D eigenvalue weighted by molar-refractivity contribution is -0.119. The van der Waals surface area contributed by atoms with Gasteiger partial charge >= 0.3 is 0 Å². The highest BCUT2D eigenvalue weighted by Crippen LogP contribution is 2.20. The lowest BCUT2D eigenvalue weighted by atomic mass is 10.1. The summed E-state index contributed by atoms with van der Waals surface area (Å²) in [7, 11) is 1.51. The molecule has 0 radical (unpaired) electrons. The first-order valence-corrected chi connectivity index (χ1v) is 5.90. The Hall–Kier alpha value is -1.59. The topological polar surface area (TPSA) is 84.2 Å². The quantitative estimate of drug-likeness (QED) is 0.769. The second-order valence-corrected chi connectivity index (χ2v) is 4.31. The fourth-order valence-electron chi connectivity index (χ4n) is 1.28. The third-order valence-electron chi connectivity index (χ3n) is 2.51. The molecule has 0 saturated carbocycles. The predicted molar refractivity (Wildman–Crippen MR) is 71.7 cm³/mol. The normalized spacial score (nSPS) is 11.8. The molecule has 0 aliphatic heterocycles. The highest BCUT2D eigenvalue weighted by molar-refractivity contribution is 6.34. The molecule has 0 heterocycles. The fraction of sp³-hybridized carbons (Fsp3) is 0.333. The average molecular weight is 270 g/mol. The molecule has 5 nitrogen and oxygen atoms in total. The van der Waals surface area contributed by atoms with E-state index in [1.165, 1.54) is 13.1 Å². The largest absolute Gasteiger partial charge is 0.355 e. The van der Waals surface area contributed by atoms with Gasteiger partial charge in [0.2, 0.25) is 5.91 Å². The Morgan fingerprint density at radius 2 is 2.11 bits per heavy atom. The molecular weight excluding hydrogens is 254 g/mol. The van der Waals surface area contributed by atoms with Crippen LogP contribution < -0.4 is 16.4 Å². The molecule has 0 saturated heterocycles. The minimum atomic E-state index is -0.303. The average Bonchev–Trinajstić information content (AvgIpc) is 2.38. The van der Waals surface area contributed by atoms with Crippen LogP contribution in [0.5, 0.6) is 0 Å². The van der Waals surface area contributed by atoms with Gasteiger partial charge in [-0.2, -0.15) is 0 Å². The number of anilines is 1. The molecule has 0 spiro atoms. The van der Waals surface area contributed by atoms with E-state index in [2.05, 4.69) is 10.6 Å². The molecule has 18 heavy (non-hydrogen) atoms. The highest BCUT2D eigenvalue weighted by atomic mass is 35.5. The van der Waals surface area contributed by atoms with Gasteiger partial charge in [-0.25, -0.2) is 0 Å². The summed E-state index contributed by atoms with van der Waals surface area (Å²) < 4.78 is 0. The van der Waals surface area contributed by atoms with Gasteiger partial charge in [0.15, 0.2) is 0 Å². The third-order valence-corrected chi connectivity index (χ3v) is 2.84. The Balaban J connectivity index is 2.92. The third kappa shape index (κ3) is 3.45. The van der Waals surface area contributed by atoms with Crippen molar-refractivity contribution in [2.24, 2.45) is 11.7 Å². The molecule has 0 fully saturated rings. The molecule has 1 atom stereocenters. The zero-order valence-corrected chi connectivity index (χ0v) is 11.0. The molecule has 6 heteroatoms. The van der Waals surface area contributed by atoms with E-state index >= 15 is 0 Å². The van der Waals surface area contributed by atoms with Crippen LogP contribution in [0.3, 0.4) is 0 Å². The lowest BCUT2D eigenvalue weighted by Gasteiger charge is -2.11. The second-order valence-electron chi connectivity index (χ2n) is 3.90. The van der Waals surface area contributed by atoms with Gasteiger partial charge in [0.05, 0.1) is 10.6 Å². The van der Waals surface area contributed by atoms with Crippen molar-refractivity contribution >= 4 is 29.1 Å². The number of benzene rings is 1. The van der Waals surface area contributed by atoms with Crippen LogP contribution in [0, 0.1) is 5.92 Å². The number of rotatable bonds is 4. The van der Waals surface area contributed by atoms with E-state index in [1.54, 1.807) is 19.1 Å². The van der Waals surface area contributed by atoms with Crippen molar-refractivity contribution in [1.29, 1.82) is 0 Å². The summed E-state index contributed by atoms with van der Waals surface area (Å²) >= 11 is 5.90. The molecule has 1 aromatic rings. The summed E-state index contributed by atoms with van der Waals surface area (Å²) in [4.78, 5) is 23.2. The summed E-state index contributed by atoms with van der Waals surface area (Å²) in [6.07, 6.45) is 0. The van der Waals surface area contributed by atoms with Crippen molar-refractivity contribution < 1.29 is 9.59 Å². The number of halogens is 1.